The van der Waals surface area contributed by atoms with Crippen molar-refractivity contribution in [1.29, 1.82) is 0 Å². The van der Waals surface area contributed by atoms with E-state index < -0.39 is 0 Å². The predicted molar refractivity (Wildman–Crippen MR) is 247 cm³/mol. The maximum Gasteiger partial charge on any atom is 0.238 e. The van der Waals surface area contributed by atoms with Crippen molar-refractivity contribution in [3.05, 3.63) is 200 Å². The molecule has 0 saturated carbocycles. The van der Waals surface area contributed by atoms with E-state index in [1.165, 1.54) is 0 Å². The molecule has 0 aliphatic heterocycles. The Labute approximate surface area is 355 Å². The highest BCUT2D eigenvalue weighted by Gasteiger charge is 2.22. The molecule has 8 aromatic carbocycles. The third-order valence-corrected chi connectivity index (χ3v) is 11.3. The second-order valence-corrected chi connectivity index (χ2v) is 15.1. The minimum atomic E-state index is 0.501. The molecule has 0 aliphatic rings. The van der Waals surface area contributed by atoms with Crippen molar-refractivity contribution >= 4 is 43.7 Å². The molecule has 0 aliphatic carbocycles. The molecule has 0 atom stereocenters. The van der Waals surface area contributed by atoms with Crippen LogP contribution in [-0.4, -0.2) is 34.5 Å². The smallest absolute Gasteiger partial charge is 0.238 e. The molecule has 290 valence electrons. The standard InChI is InChI=1S/C54H33N7O/c1-5-17-34(18-6-1)39-26-16-30-45-47(39)41-25-13-14-29-44(41)61(45)54-59-51(37-23-11-4-12-24-37)58-53(60-54)42-28-15-27-40-43-33-38(31-32-46(43)62-48(40)42)52-56-49(35-19-7-2-8-20-35)55-50(57-52)36-21-9-3-10-22-36/h1-33H. The molecular formula is C54H33N7O. The van der Waals surface area contributed by atoms with Crippen LogP contribution in [0.2, 0.25) is 0 Å². The number of hydrogen-bond donors (Lipinski definition) is 0. The van der Waals surface area contributed by atoms with Crippen LogP contribution in [0, 0.1) is 0 Å². The lowest BCUT2D eigenvalue weighted by Gasteiger charge is -2.11. The fraction of sp³-hybridized carbons (Fsp3) is 0. The van der Waals surface area contributed by atoms with E-state index >= 15 is 0 Å². The van der Waals surface area contributed by atoms with Crippen molar-refractivity contribution in [2.24, 2.45) is 0 Å². The van der Waals surface area contributed by atoms with Gasteiger partial charge in [0.2, 0.25) is 5.95 Å². The summed E-state index contributed by atoms with van der Waals surface area (Å²) in [6.07, 6.45) is 0. The molecule has 0 radical (unpaired) electrons. The molecule has 8 nitrogen and oxygen atoms in total. The van der Waals surface area contributed by atoms with Gasteiger partial charge in [0.25, 0.3) is 0 Å². The Morgan fingerprint density at radius 1 is 0.323 bits per heavy atom. The van der Waals surface area contributed by atoms with Gasteiger partial charge in [0, 0.05) is 43.8 Å². The normalized spacial score (nSPS) is 11.5. The molecule has 12 aromatic rings. The van der Waals surface area contributed by atoms with E-state index in [0.717, 1.165) is 77.1 Å². The molecule has 62 heavy (non-hydrogen) atoms. The van der Waals surface area contributed by atoms with Crippen LogP contribution in [0.5, 0.6) is 0 Å². The topological polar surface area (TPSA) is 95.4 Å². The SMILES string of the molecule is c1ccc(-c2nc(-c3ccccc3)nc(-c3ccc4oc5c(-c6nc(-c7ccccc7)nc(-n7c8ccccc8c8c(-c9ccccc9)cccc87)n6)cccc5c4c3)n2)cc1. The number of furan rings is 1. The van der Waals surface area contributed by atoms with Crippen molar-refractivity contribution in [1.82, 2.24) is 34.5 Å². The van der Waals surface area contributed by atoms with Crippen LogP contribution in [0.15, 0.2) is 205 Å². The Bertz CT molecular complexity index is 3570. The highest BCUT2D eigenvalue weighted by atomic mass is 16.3. The molecule has 12 rings (SSSR count). The fourth-order valence-corrected chi connectivity index (χ4v) is 8.45. The molecule has 8 heteroatoms. The third-order valence-electron chi connectivity index (χ3n) is 11.3. The average molecular weight is 796 g/mol. The van der Waals surface area contributed by atoms with Gasteiger partial charge in [-0.2, -0.15) is 9.97 Å². The number of nitrogens with zero attached hydrogens (tertiary/aromatic N) is 7. The van der Waals surface area contributed by atoms with Gasteiger partial charge in [0.05, 0.1) is 16.6 Å². The molecular weight excluding hydrogens is 763 g/mol. The van der Waals surface area contributed by atoms with Gasteiger partial charge in [-0.1, -0.05) is 164 Å². The Morgan fingerprint density at radius 2 is 0.806 bits per heavy atom. The summed E-state index contributed by atoms with van der Waals surface area (Å²) in [6, 6.07) is 67.6. The number of para-hydroxylation sites is 2. The largest absolute Gasteiger partial charge is 0.455 e. The zero-order valence-corrected chi connectivity index (χ0v) is 33.1. The summed E-state index contributed by atoms with van der Waals surface area (Å²) < 4.78 is 8.89. The molecule has 0 N–H and O–H groups in total. The highest BCUT2D eigenvalue weighted by molar-refractivity contribution is 6.15. The zero-order chi connectivity index (χ0) is 41.0. The molecule has 0 bridgehead atoms. The van der Waals surface area contributed by atoms with Crippen LogP contribution in [0.3, 0.4) is 0 Å². The Kier molecular flexibility index (Phi) is 8.31. The summed E-state index contributed by atoms with van der Waals surface area (Å²) in [4.78, 5) is 30.5. The van der Waals surface area contributed by atoms with E-state index in [-0.39, 0.29) is 0 Å². The molecule has 0 unspecified atom stereocenters. The van der Waals surface area contributed by atoms with E-state index in [1.54, 1.807) is 0 Å². The summed E-state index contributed by atoms with van der Waals surface area (Å²) in [5, 5.41) is 4.10. The van der Waals surface area contributed by atoms with Gasteiger partial charge in [-0.3, -0.25) is 4.57 Å². The zero-order valence-electron chi connectivity index (χ0n) is 33.1. The quantitative estimate of drug-likeness (QED) is 0.158. The highest BCUT2D eigenvalue weighted by Crippen LogP contribution is 2.40. The second kappa shape index (κ2) is 14.6. The summed E-state index contributed by atoms with van der Waals surface area (Å²) in [6.45, 7) is 0. The third kappa shape index (κ3) is 6.00. The van der Waals surface area contributed by atoms with Gasteiger partial charge in [-0.25, -0.2) is 19.9 Å². The lowest BCUT2D eigenvalue weighted by molar-refractivity contribution is 0.669. The summed E-state index contributed by atoms with van der Waals surface area (Å²) in [7, 11) is 0. The van der Waals surface area contributed by atoms with Crippen LogP contribution in [0.25, 0.3) is 118 Å². The van der Waals surface area contributed by atoms with E-state index in [1.807, 2.05) is 121 Å². The van der Waals surface area contributed by atoms with Crippen molar-refractivity contribution < 1.29 is 4.42 Å². The van der Waals surface area contributed by atoms with Gasteiger partial charge in [-0.05, 0) is 47.5 Å². The van der Waals surface area contributed by atoms with Gasteiger partial charge < -0.3 is 4.42 Å². The number of rotatable bonds is 7. The molecule has 0 fully saturated rings. The number of aromatic nitrogens is 7. The second-order valence-electron chi connectivity index (χ2n) is 15.1. The first-order valence-corrected chi connectivity index (χ1v) is 20.5. The summed E-state index contributed by atoms with van der Waals surface area (Å²) in [5.74, 6) is 3.35. The fourth-order valence-electron chi connectivity index (χ4n) is 8.45. The first-order chi connectivity index (χ1) is 30.7. The van der Waals surface area contributed by atoms with E-state index in [9.17, 15) is 0 Å². The van der Waals surface area contributed by atoms with Crippen LogP contribution < -0.4 is 0 Å². The maximum atomic E-state index is 6.74. The van der Waals surface area contributed by atoms with Crippen molar-refractivity contribution in [2.45, 2.75) is 0 Å². The lowest BCUT2D eigenvalue weighted by atomic mass is 9.99. The number of fused-ring (bicyclic) bond motifs is 6. The molecule has 0 spiro atoms. The van der Waals surface area contributed by atoms with Gasteiger partial charge in [0.1, 0.15) is 11.2 Å². The van der Waals surface area contributed by atoms with Gasteiger partial charge in [0.15, 0.2) is 29.1 Å². The number of benzene rings is 8. The van der Waals surface area contributed by atoms with E-state index in [4.69, 9.17) is 34.3 Å². The van der Waals surface area contributed by atoms with Crippen molar-refractivity contribution in [3.63, 3.8) is 0 Å². The Balaban J connectivity index is 1.05. The van der Waals surface area contributed by atoms with Crippen LogP contribution in [0.1, 0.15) is 0 Å². The predicted octanol–water partition coefficient (Wildman–Crippen LogP) is 13.1. The summed E-state index contributed by atoms with van der Waals surface area (Å²) in [5.41, 5.74) is 10.0. The first kappa shape index (κ1) is 35.3. The van der Waals surface area contributed by atoms with E-state index in [2.05, 4.69) is 83.4 Å². The van der Waals surface area contributed by atoms with Gasteiger partial charge in [-0.15, -0.1) is 0 Å². The average Bonchev–Trinajstić information content (AvgIpc) is 3.90. The lowest BCUT2D eigenvalue weighted by Crippen LogP contribution is -2.06. The molecule has 0 amide bonds. The maximum absolute atomic E-state index is 6.74. The number of hydrogen-bond acceptors (Lipinski definition) is 7. The minimum Gasteiger partial charge on any atom is -0.455 e. The van der Waals surface area contributed by atoms with Crippen molar-refractivity contribution in [3.8, 4) is 74.0 Å². The monoisotopic (exact) mass is 795 g/mol. The molecule has 4 heterocycles. The summed E-state index contributed by atoms with van der Waals surface area (Å²) >= 11 is 0. The van der Waals surface area contributed by atoms with Crippen LogP contribution in [-0.2, 0) is 0 Å². The molecule has 0 saturated heterocycles. The minimum absolute atomic E-state index is 0.501. The Hall–Kier alpha value is -8.62. The van der Waals surface area contributed by atoms with Crippen LogP contribution >= 0.6 is 0 Å². The van der Waals surface area contributed by atoms with Crippen LogP contribution in [0.4, 0.5) is 0 Å². The van der Waals surface area contributed by atoms with E-state index in [0.29, 0.717) is 40.7 Å². The van der Waals surface area contributed by atoms with Crippen molar-refractivity contribution in [2.75, 3.05) is 0 Å². The first-order valence-electron chi connectivity index (χ1n) is 20.5. The Morgan fingerprint density at radius 3 is 1.47 bits per heavy atom. The van der Waals surface area contributed by atoms with Gasteiger partial charge >= 0.3 is 0 Å². The molecule has 4 aromatic heterocycles.